The van der Waals surface area contributed by atoms with Gasteiger partial charge in [-0.25, -0.2) is 4.79 Å². The first-order valence-electron chi connectivity index (χ1n) is 8.71. The number of methoxy groups -OCH3 is 1. The lowest BCUT2D eigenvalue weighted by molar-refractivity contribution is 0.0289. The Morgan fingerprint density at radius 3 is 2.60 bits per heavy atom. The highest BCUT2D eigenvalue weighted by atomic mass is 79.9. The third-order valence-electron chi connectivity index (χ3n) is 5.02. The lowest BCUT2D eigenvalue weighted by Crippen LogP contribution is -2.43. The summed E-state index contributed by atoms with van der Waals surface area (Å²) in [5.41, 5.74) is 1.43. The van der Waals surface area contributed by atoms with Crippen LogP contribution in [0.1, 0.15) is 23.2 Å². The SMILES string of the molecule is COC(=O)c1cc(Cl)c(Br)cc1N1CCC(CN2CCOCC2)CC1. The van der Waals surface area contributed by atoms with Crippen molar-refractivity contribution < 1.29 is 14.3 Å². The number of carbonyl (C=O) groups excluding carboxylic acids is 1. The van der Waals surface area contributed by atoms with Gasteiger partial charge in [0.25, 0.3) is 0 Å². The van der Waals surface area contributed by atoms with Gasteiger partial charge in [0.05, 0.1) is 36.6 Å². The van der Waals surface area contributed by atoms with Crippen LogP contribution in [0.3, 0.4) is 0 Å². The lowest BCUT2D eigenvalue weighted by Gasteiger charge is -2.37. The van der Waals surface area contributed by atoms with E-state index in [1.807, 2.05) is 6.07 Å². The Morgan fingerprint density at radius 1 is 1.28 bits per heavy atom. The molecule has 0 unspecified atom stereocenters. The molecule has 3 rings (SSSR count). The smallest absolute Gasteiger partial charge is 0.340 e. The normalized spacial score (nSPS) is 19.9. The Kier molecular flexibility index (Phi) is 6.61. The zero-order valence-electron chi connectivity index (χ0n) is 14.5. The van der Waals surface area contributed by atoms with Crippen molar-refractivity contribution >= 4 is 39.2 Å². The van der Waals surface area contributed by atoms with Gasteiger partial charge in [0.1, 0.15) is 0 Å². The number of carbonyl (C=O) groups is 1. The molecule has 1 aromatic carbocycles. The van der Waals surface area contributed by atoms with E-state index >= 15 is 0 Å². The molecule has 0 N–H and O–H groups in total. The van der Waals surface area contributed by atoms with Gasteiger partial charge in [-0.15, -0.1) is 0 Å². The summed E-state index contributed by atoms with van der Waals surface area (Å²) < 4.78 is 11.1. The lowest BCUT2D eigenvalue weighted by atomic mass is 9.95. The summed E-state index contributed by atoms with van der Waals surface area (Å²) in [5.74, 6) is 0.353. The molecule has 0 atom stereocenters. The van der Waals surface area contributed by atoms with E-state index in [0.717, 1.165) is 68.9 Å². The number of morpholine rings is 1. The molecule has 2 saturated heterocycles. The van der Waals surface area contributed by atoms with E-state index in [9.17, 15) is 4.79 Å². The van der Waals surface area contributed by atoms with Crippen LogP contribution in [0, 0.1) is 5.92 Å². The van der Waals surface area contributed by atoms with Crippen LogP contribution in [-0.4, -0.2) is 63.9 Å². The molecule has 0 saturated carbocycles. The number of hydrogen-bond acceptors (Lipinski definition) is 5. The number of ether oxygens (including phenoxy) is 2. The predicted molar refractivity (Wildman–Crippen MR) is 103 cm³/mol. The molecule has 0 aromatic heterocycles. The molecule has 0 amide bonds. The summed E-state index contributed by atoms with van der Waals surface area (Å²) in [6.45, 7) is 6.79. The van der Waals surface area contributed by atoms with Gasteiger partial charge in [0, 0.05) is 37.2 Å². The second-order valence-electron chi connectivity index (χ2n) is 6.62. The Bertz CT molecular complexity index is 615. The van der Waals surface area contributed by atoms with E-state index in [4.69, 9.17) is 21.1 Å². The summed E-state index contributed by atoms with van der Waals surface area (Å²) in [6.07, 6.45) is 2.25. The minimum atomic E-state index is -0.347. The minimum Gasteiger partial charge on any atom is -0.465 e. The van der Waals surface area contributed by atoms with E-state index in [2.05, 4.69) is 25.7 Å². The third kappa shape index (κ3) is 4.67. The van der Waals surface area contributed by atoms with Gasteiger partial charge < -0.3 is 14.4 Å². The largest absolute Gasteiger partial charge is 0.465 e. The molecule has 5 nitrogen and oxygen atoms in total. The Morgan fingerprint density at radius 2 is 1.96 bits per heavy atom. The second kappa shape index (κ2) is 8.71. The number of halogens is 2. The molecule has 1 aromatic rings. The van der Waals surface area contributed by atoms with Gasteiger partial charge in [-0.3, -0.25) is 4.90 Å². The van der Waals surface area contributed by atoms with Crippen LogP contribution in [0.25, 0.3) is 0 Å². The second-order valence-corrected chi connectivity index (χ2v) is 7.88. The van der Waals surface area contributed by atoms with Gasteiger partial charge in [0.2, 0.25) is 0 Å². The summed E-state index contributed by atoms with van der Waals surface area (Å²) in [7, 11) is 1.40. The van der Waals surface area contributed by atoms with Crippen molar-refractivity contribution in [3.8, 4) is 0 Å². The van der Waals surface area contributed by atoms with Crippen molar-refractivity contribution in [2.24, 2.45) is 5.92 Å². The number of nitrogens with zero attached hydrogens (tertiary/aromatic N) is 2. The van der Waals surface area contributed by atoms with Crippen LogP contribution in [0.15, 0.2) is 16.6 Å². The Labute approximate surface area is 162 Å². The van der Waals surface area contributed by atoms with Crippen LogP contribution >= 0.6 is 27.5 Å². The zero-order valence-corrected chi connectivity index (χ0v) is 16.8. The monoisotopic (exact) mass is 430 g/mol. The van der Waals surface area contributed by atoms with Gasteiger partial charge in [-0.2, -0.15) is 0 Å². The predicted octanol–water partition coefficient (Wildman–Crippen LogP) is 3.44. The topological polar surface area (TPSA) is 42.0 Å². The van der Waals surface area contributed by atoms with E-state index in [1.54, 1.807) is 6.07 Å². The summed E-state index contributed by atoms with van der Waals surface area (Å²) in [5, 5.41) is 0.520. The number of esters is 1. The van der Waals surface area contributed by atoms with Crippen LogP contribution in [0.5, 0.6) is 0 Å². The summed E-state index contributed by atoms with van der Waals surface area (Å²) in [6, 6.07) is 3.61. The van der Waals surface area contributed by atoms with E-state index < -0.39 is 0 Å². The van der Waals surface area contributed by atoms with Gasteiger partial charge in [-0.05, 0) is 46.8 Å². The van der Waals surface area contributed by atoms with E-state index in [1.165, 1.54) is 7.11 Å². The average molecular weight is 432 g/mol. The number of anilines is 1. The van der Waals surface area contributed by atoms with Crippen LogP contribution in [-0.2, 0) is 9.47 Å². The Hall–Kier alpha value is -0.820. The first-order valence-corrected chi connectivity index (χ1v) is 9.88. The molecule has 7 heteroatoms. The summed E-state index contributed by atoms with van der Waals surface area (Å²) >= 11 is 9.63. The van der Waals surface area contributed by atoms with Crippen molar-refractivity contribution in [2.75, 3.05) is 57.9 Å². The molecule has 2 fully saturated rings. The number of rotatable bonds is 4. The van der Waals surface area contributed by atoms with Crippen molar-refractivity contribution in [2.45, 2.75) is 12.8 Å². The van der Waals surface area contributed by atoms with Crippen LogP contribution in [0.4, 0.5) is 5.69 Å². The zero-order chi connectivity index (χ0) is 17.8. The number of hydrogen-bond donors (Lipinski definition) is 0. The fourth-order valence-electron chi connectivity index (χ4n) is 3.58. The number of piperidine rings is 1. The highest BCUT2D eigenvalue weighted by Gasteiger charge is 2.26. The van der Waals surface area contributed by atoms with Gasteiger partial charge >= 0.3 is 5.97 Å². The fourth-order valence-corrected chi connectivity index (χ4v) is 4.07. The maximum Gasteiger partial charge on any atom is 0.340 e. The van der Waals surface area contributed by atoms with Crippen molar-refractivity contribution in [3.63, 3.8) is 0 Å². The number of benzene rings is 1. The quantitative estimate of drug-likeness (QED) is 0.683. The molecule has 0 bridgehead atoms. The molecule has 0 spiro atoms. The summed E-state index contributed by atoms with van der Waals surface area (Å²) in [4.78, 5) is 16.9. The average Bonchev–Trinajstić information content (AvgIpc) is 2.64. The molecular weight excluding hydrogens is 408 g/mol. The third-order valence-corrected chi connectivity index (χ3v) is 6.22. The first-order chi connectivity index (χ1) is 12.1. The highest BCUT2D eigenvalue weighted by molar-refractivity contribution is 9.10. The fraction of sp³-hybridized carbons (Fsp3) is 0.611. The van der Waals surface area contributed by atoms with Crippen molar-refractivity contribution in [1.82, 2.24) is 4.90 Å². The van der Waals surface area contributed by atoms with Gasteiger partial charge in [-0.1, -0.05) is 11.6 Å². The molecule has 138 valence electrons. The molecule has 25 heavy (non-hydrogen) atoms. The maximum atomic E-state index is 12.1. The molecule has 2 aliphatic heterocycles. The van der Waals surface area contributed by atoms with Crippen LogP contribution in [0.2, 0.25) is 5.02 Å². The molecule has 0 radical (unpaired) electrons. The molecular formula is C18H24BrClN2O3. The standard InChI is InChI=1S/C18H24BrClN2O3/c1-24-18(23)14-10-16(20)15(19)11-17(14)22-4-2-13(3-5-22)12-21-6-8-25-9-7-21/h10-11,13H,2-9,12H2,1H3. The van der Waals surface area contributed by atoms with Crippen LogP contribution < -0.4 is 4.90 Å². The van der Waals surface area contributed by atoms with Crippen molar-refractivity contribution in [1.29, 1.82) is 0 Å². The van der Waals surface area contributed by atoms with Gasteiger partial charge in [0.15, 0.2) is 0 Å². The molecule has 0 aliphatic carbocycles. The van der Waals surface area contributed by atoms with E-state index in [-0.39, 0.29) is 5.97 Å². The Balaban J connectivity index is 1.66. The highest BCUT2D eigenvalue weighted by Crippen LogP contribution is 2.34. The minimum absolute atomic E-state index is 0.347. The molecule has 2 aliphatic rings. The molecule has 2 heterocycles. The van der Waals surface area contributed by atoms with Crippen molar-refractivity contribution in [3.05, 3.63) is 27.2 Å². The maximum absolute atomic E-state index is 12.1. The van der Waals surface area contributed by atoms with E-state index in [0.29, 0.717) is 16.5 Å². The first kappa shape index (κ1) is 19.0.